The van der Waals surface area contributed by atoms with Crippen molar-refractivity contribution in [2.45, 2.75) is 49.1 Å². The average molecular weight is 327 g/mol. The van der Waals surface area contributed by atoms with E-state index < -0.39 is 0 Å². The monoisotopic (exact) mass is 326 g/mol. The highest BCUT2D eigenvalue weighted by Gasteiger charge is 2.24. The average Bonchev–Trinajstić information content (AvgIpc) is 2.57. The Kier molecular flexibility index (Phi) is 5.74. The molecule has 1 fully saturated rings. The van der Waals surface area contributed by atoms with E-state index in [1.165, 1.54) is 42.8 Å². The molecule has 0 saturated carbocycles. The van der Waals surface area contributed by atoms with Crippen LogP contribution in [-0.4, -0.2) is 23.0 Å². The van der Waals surface area contributed by atoms with E-state index in [1.807, 2.05) is 6.07 Å². The van der Waals surface area contributed by atoms with Crippen LogP contribution in [0.1, 0.15) is 44.7 Å². The number of hydrogen-bond acceptors (Lipinski definition) is 3. The molecule has 2 nitrogen and oxygen atoms in total. The van der Waals surface area contributed by atoms with Crippen LogP contribution in [0.4, 0.5) is 0 Å². The third kappa shape index (κ3) is 4.58. The van der Waals surface area contributed by atoms with Gasteiger partial charge in [0.15, 0.2) is 0 Å². The first-order valence-corrected chi connectivity index (χ1v) is 9.47. The van der Waals surface area contributed by atoms with Crippen molar-refractivity contribution in [2.75, 3.05) is 13.1 Å². The van der Waals surface area contributed by atoms with E-state index in [1.54, 1.807) is 11.8 Å². The van der Waals surface area contributed by atoms with Gasteiger partial charge in [-0.2, -0.15) is 0 Å². The first kappa shape index (κ1) is 16.5. The van der Waals surface area contributed by atoms with Gasteiger partial charge in [0.2, 0.25) is 0 Å². The molecule has 3 rings (SSSR count). The standard InChI is InChI=1S/C20H26N2S/c1-16(2)15-22-13-7-6-10-19(22)17-11-12-20(21-14-17)23-18-8-4-3-5-9-18/h3-5,8-9,11-12,14,16,19H,6-7,10,13,15H2,1-2H3/t19-/m0/s1. The lowest BCUT2D eigenvalue weighted by Crippen LogP contribution is -2.36. The first-order chi connectivity index (χ1) is 11.2. The predicted octanol–water partition coefficient (Wildman–Crippen LogP) is 5.42. The SMILES string of the molecule is CC(C)CN1CCCC[C@H]1c1ccc(Sc2ccccc2)nc1. The molecule has 1 saturated heterocycles. The molecule has 1 aliphatic rings. The smallest absolute Gasteiger partial charge is 0.101 e. The van der Waals surface area contributed by atoms with Gasteiger partial charge in [-0.3, -0.25) is 4.90 Å². The minimum Gasteiger partial charge on any atom is -0.296 e. The Morgan fingerprint density at radius 1 is 1.13 bits per heavy atom. The van der Waals surface area contributed by atoms with E-state index in [-0.39, 0.29) is 0 Å². The maximum absolute atomic E-state index is 4.70. The lowest BCUT2D eigenvalue weighted by molar-refractivity contribution is 0.132. The van der Waals surface area contributed by atoms with Crippen LogP contribution in [0.2, 0.25) is 0 Å². The van der Waals surface area contributed by atoms with E-state index in [9.17, 15) is 0 Å². The van der Waals surface area contributed by atoms with Gasteiger partial charge in [0.25, 0.3) is 0 Å². The second-order valence-corrected chi connectivity index (χ2v) is 7.84. The van der Waals surface area contributed by atoms with E-state index in [0.29, 0.717) is 6.04 Å². The van der Waals surface area contributed by atoms with Crippen molar-refractivity contribution >= 4 is 11.8 Å². The minimum atomic E-state index is 0.550. The molecule has 0 radical (unpaired) electrons. The van der Waals surface area contributed by atoms with E-state index in [2.05, 4.69) is 61.3 Å². The summed E-state index contributed by atoms with van der Waals surface area (Å²) in [7, 11) is 0. The molecule has 0 amide bonds. The Morgan fingerprint density at radius 3 is 2.65 bits per heavy atom. The van der Waals surface area contributed by atoms with Gasteiger partial charge in [-0.15, -0.1) is 0 Å². The Hall–Kier alpha value is -1.32. The van der Waals surface area contributed by atoms with Gasteiger partial charge in [0.05, 0.1) is 0 Å². The third-order valence-corrected chi connectivity index (χ3v) is 5.28. The van der Waals surface area contributed by atoms with E-state index in [0.717, 1.165) is 10.9 Å². The number of piperidine rings is 1. The summed E-state index contributed by atoms with van der Waals surface area (Å²) < 4.78 is 0. The normalized spacial score (nSPS) is 19.2. The summed E-state index contributed by atoms with van der Waals surface area (Å²) in [5.41, 5.74) is 1.38. The second kappa shape index (κ2) is 7.98. The fourth-order valence-electron chi connectivity index (χ4n) is 3.31. The van der Waals surface area contributed by atoms with Crippen LogP contribution in [0, 0.1) is 5.92 Å². The zero-order valence-electron chi connectivity index (χ0n) is 14.1. The lowest BCUT2D eigenvalue weighted by atomic mass is 9.95. The van der Waals surface area contributed by atoms with Crippen molar-refractivity contribution in [3.05, 3.63) is 54.2 Å². The number of rotatable bonds is 5. The Morgan fingerprint density at radius 2 is 1.96 bits per heavy atom. The number of hydrogen-bond donors (Lipinski definition) is 0. The molecule has 0 unspecified atom stereocenters. The Balaban J connectivity index is 1.70. The van der Waals surface area contributed by atoms with Crippen LogP contribution in [-0.2, 0) is 0 Å². The first-order valence-electron chi connectivity index (χ1n) is 8.65. The summed E-state index contributed by atoms with van der Waals surface area (Å²) in [5, 5.41) is 1.08. The molecular weight excluding hydrogens is 300 g/mol. The third-order valence-electron chi connectivity index (χ3n) is 4.32. The van der Waals surface area contributed by atoms with Gasteiger partial charge < -0.3 is 0 Å². The predicted molar refractivity (Wildman–Crippen MR) is 97.8 cm³/mol. The fourth-order valence-corrected chi connectivity index (χ4v) is 4.09. The molecule has 0 N–H and O–H groups in total. The topological polar surface area (TPSA) is 16.1 Å². The molecule has 1 aromatic heterocycles. The zero-order chi connectivity index (χ0) is 16.1. The maximum Gasteiger partial charge on any atom is 0.101 e. The molecule has 1 aliphatic heterocycles. The molecule has 2 aromatic rings. The summed E-state index contributed by atoms with van der Waals surface area (Å²) >= 11 is 1.73. The Bertz CT molecular complexity index is 595. The second-order valence-electron chi connectivity index (χ2n) is 6.75. The summed E-state index contributed by atoms with van der Waals surface area (Å²) in [5.74, 6) is 0.719. The zero-order valence-corrected chi connectivity index (χ0v) is 14.9. The molecule has 3 heteroatoms. The quantitative estimate of drug-likeness (QED) is 0.730. The van der Waals surface area contributed by atoms with Crippen LogP contribution in [0.3, 0.4) is 0 Å². The van der Waals surface area contributed by atoms with Gasteiger partial charge in [-0.25, -0.2) is 4.98 Å². The lowest BCUT2D eigenvalue weighted by Gasteiger charge is -2.37. The molecule has 23 heavy (non-hydrogen) atoms. The van der Waals surface area contributed by atoms with Crippen molar-refractivity contribution in [2.24, 2.45) is 5.92 Å². The summed E-state index contributed by atoms with van der Waals surface area (Å²) in [6.07, 6.45) is 6.02. The summed E-state index contributed by atoms with van der Waals surface area (Å²) in [6, 6.07) is 15.5. The van der Waals surface area contributed by atoms with E-state index >= 15 is 0 Å². The Labute approximate surface area is 144 Å². The number of nitrogens with zero attached hydrogens (tertiary/aromatic N) is 2. The van der Waals surface area contributed by atoms with Gasteiger partial charge in [-0.1, -0.05) is 56.3 Å². The van der Waals surface area contributed by atoms with E-state index in [4.69, 9.17) is 4.98 Å². The van der Waals surface area contributed by atoms with Crippen LogP contribution < -0.4 is 0 Å². The number of likely N-dealkylation sites (tertiary alicyclic amines) is 1. The number of aromatic nitrogens is 1. The van der Waals surface area contributed by atoms with Crippen LogP contribution in [0.25, 0.3) is 0 Å². The molecule has 1 atom stereocenters. The summed E-state index contributed by atoms with van der Waals surface area (Å²) in [4.78, 5) is 8.59. The maximum atomic E-state index is 4.70. The molecule has 122 valence electrons. The van der Waals surface area contributed by atoms with Crippen LogP contribution >= 0.6 is 11.8 Å². The summed E-state index contributed by atoms with van der Waals surface area (Å²) in [6.45, 7) is 7.03. The number of benzene rings is 1. The molecule has 1 aromatic carbocycles. The van der Waals surface area contributed by atoms with Crippen molar-refractivity contribution < 1.29 is 0 Å². The molecule has 2 heterocycles. The molecule has 0 aliphatic carbocycles. The van der Waals surface area contributed by atoms with Crippen LogP contribution in [0.5, 0.6) is 0 Å². The largest absolute Gasteiger partial charge is 0.296 e. The van der Waals surface area contributed by atoms with Crippen LogP contribution in [0.15, 0.2) is 58.6 Å². The molecular formula is C20H26N2S. The minimum absolute atomic E-state index is 0.550. The van der Waals surface area contributed by atoms with Gasteiger partial charge in [-0.05, 0) is 49.1 Å². The highest BCUT2D eigenvalue weighted by molar-refractivity contribution is 7.99. The van der Waals surface area contributed by atoms with Crippen molar-refractivity contribution in [1.82, 2.24) is 9.88 Å². The van der Waals surface area contributed by atoms with Gasteiger partial charge >= 0.3 is 0 Å². The highest BCUT2D eigenvalue weighted by atomic mass is 32.2. The van der Waals surface area contributed by atoms with Gasteiger partial charge in [0, 0.05) is 23.7 Å². The van der Waals surface area contributed by atoms with Gasteiger partial charge in [0.1, 0.15) is 5.03 Å². The molecule has 0 bridgehead atoms. The van der Waals surface area contributed by atoms with Crippen molar-refractivity contribution in [1.29, 1.82) is 0 Å². The van der Waals surface area contributed by atoms with Crippen molar-refractivity contribution in [3.8, 4) is 0 Å². The van der Waals surface area contributed by atoms with Crippen molar-refractivity contribution in [3.63, 3.8) is 0 Å². The molecule has 0 spiro atoms. The fraction of sp³-hybridized carbons (Fsp3) is 0.450. The number of pyridine rings is 1. The highest BCUT2D eigenvalue weighted by Crippen LogP contribution is 2.32.